The molecule has 0 aliphatic carbocycles. The zero-order chi connectivity index (χ0) is 13.1. The van der Waals surface area contributed by atoms with E-state index < -0.39 is 5.97 Å². The molecule has 0 saturated carbocycles. The van der Waals surface area contributed by atoms with Gasteiger partial charge in [0.1, 0.15) is 10.7 Å². The number of thiazole rings is 1. The summed E-state index contributed by atoms with van der Waals surface area (Å²) in [7, 11) is 0. The minimum Gasteiger partial charge on any atom is -0.477 e. The Labute approximate surface area is 109 Å². The van der Waals surface area contributed by atoms with Gasteiger partial charge in [0, 0.05) is 6.20 Å². The monoisotopic (exact) mass is 263 g/mol. The summed E-state index contributed by atoms with van der Waals surface area (Å²) < 4.78 is 0. The highest BCUT2D eigenvalue weighted by atomic mass is 32.1. The lowest BCUT2D eigenvalue weighted by atomic mass is 10.3. The van der Waals surface area contributed by atoms with Crippen molar-refractivity contribution in [2.24, 2.45) is 0 Å². The Bertz CT molecular complexity index is 563. The van der Waals surface area contributed by atoms with E-state index in [1.807, 2.05) is 26.0 Å². The van der Waals surface area contributed by atoms with Gasteiger partial charge in [-0.25, -0.2) is 14.8 Å². The minimum absolute atomic E-state index is 0.284. The highest BCUT2D eigenvalue weighted by Crippen LogP contribution is 2.25. The molecule has 18 heavy (non-hydrogen) atoms. The number of aryl methyl sites for hydroxylation is 2. The molecule has 0 amide bonds. The van der Waals surface area contributed by atoms with Crippen LogP contribution < -0.4 is 5.32 Å². The summed E-state index contributed by atoms with van der Waals surface area (Å²) in [5.41, 5.74) is 1.67. The fourth-order valence-corrected chi connectivity index (χ4v) is 2.36. The van der Waals surface area contributed by atoms with Crippen LogP contribution in [0.5, 0.6) is 0 Å². The van der Waals surface area contributed by atoms with Gasteiger partial charge in [-0.3, -0.25) is 0 Å². The third kappa shape index (κ3) is 2.65. The summed E-state index contributed by atoms with van der Waals surface area (Å²) in [5, 5.41) is 12.6. The van der Waals surface area contributed by atoms with Crippen LogP contribution >= 0.6 is 11.3 Å². The normalized spacial score (nSPS) is 10.3. The maximum atomic E-state index is 11.0. The van der Waals surface area contributed by atoms with Gasteiger partial charge < -0.3 is 10.4 Å². The maximum Gasteiger partial charge on any atom is 0.347 e. The van der Waals surface area contributed by atoms with Gasteiger partial charge in [-0.05, 0) is 25.0 Å². The van der Waals surface area contributed by atoms with E-state index in [1.165, 1.54) is 0 Å². The molecule has 0 aliphatic rings. The Balaban J connectivity index is 2.24. The molecule has 0 aliphatic heterocycles. The Morgan fingerprint density at radius 1 is 1.50 bits per heavy atom. The topological polar surface area (TPSA) is 75.1 Å². The number of carboxylic acid groups (broad SMARTS) is 1. The lowest BCUT2D eigenvalue weighted by molar-refractivity contribution is 0.0701. The molecule has 5 nitrogen and oxygen atoms in total. The molecule has 0 bridgehead atoms. The van der Waals surface area contributed by atoms with Crippen LogP contribution in [0.3, 0.4) is 0 Å². The van der Waals surface area contributed by atoms with Gasteiger partial charge in [-0.1, -0.05) is 24.3 Å². The second-order valence-corrected chi connectivity index (χ2v) is 4.80. The average molecular weight is 263 g/mol. The number of rotatable bonds is 4. The van der Waals surface area contributed by atoms with Crippen molar-refractivity contribution in [3.05, 3.63) is 34.5 Å². The summed E-state index contributed by atoms with van der Waals surface area (Å²) in [4.78, 5) is 19.7. The maximum absolute atomic E-state index is 11.0. The predicted molar refractivity (Wildman–Crippen MR) is 70.7 cm³/mol. The van der Waals surface area contributed by atoms with Gasteiger partial charge in [0.25, 0.3) is 0 Å². The van der Waals surface area contributed by atoms with E-state index in [0.717, 1.165) is 16.9 Å². The first-order valence-electron chi connectivity index (χ1n) is 5.53. The molecule has 0 unspecified atom stereocenters. The quantitative estimate of drug-likeness (QED) is 0.887. The number of anilines is 2. The van der Waals surface area contributed by atoms with Crippen LogP contribution in [-0.4, -0.2) is 21.0 Å². The number of pyridine rings is 1. The highest BCUT2D eigenvalue weighted by Gasteiger charge is 2.15. The molecule has 0 aromatic carbocycles. The largest absolute Gasteiger partial charge is 0.477 e. The molecule has 0 atom stereocenters. The van der Waals surface area contributed by atoms with E-state index in [9.17, 15) is 4.79 Å². The molecule has 0 radical (unpaired) electrons. The van der Waals surface area contributed by atoms with E-state index in [-0.39, 0.29) is 4.88 Å². The molecule has 0 saturated heterocycles. The first-order chi connectivity index (χ1) is 8.60. The van der Waals surface area contributed by atoms with Crippen molar-refractivity contribution in [2.45, 2.75) is 20.3 Å². The zero-order valence-electron chi connectivity index (χ0n) is 10.1. The van der Waals surface area contributed by atoms with Crippen LogP contribution in [0.2, 0.25) is 0 Å². The van der Waals surface area contributed by atoms with Gasteiger partial charge >= 0.3 is 5.97 Å². The van der Waals surface area contributed by atoms with Crippen LogP contribution in [0.1, 0.15) is 27.9 Å². The molecule has 0 fully saturated rings. The molecule has 2 aromatic heterocycles. The van der Waals surface area contributed by atoms with Crippen molar-refractivity contribution in [2.75, 3.05) is 5.32 Å². The van der Waals surface area contributed by atoms with Gasteiger partial charge in [0.05, 0.1) is 5.69 Å². The average Bonchev–Trinajstić information content (AvgIpc) is 2.75. The number of carbonyl (C=O) groups is 1. The lowest BCUT2D eigenvalue weighted by Crippen LogP contribution is -1.97. The minimum atomic E-state index is -0.936. The summed E-state index contributed by atoms with van der Waals surface area (Å²) in [6.07, 6.45) is 2.34. The molecule has 2 rings (SSSR count). The van der Waals surface area contributed by atoms with E-state index in [0.29, 0.717) is 23.1 Å². The van der Waals surface area contributed by atoms with Crippen LogP contribution in [0.4, 0.5) is 10.9 Å². The molecule has 94 valence electrons. The number of aromatic nitrogens is 2. The van der Waals surface area contributed by atoms with Crippen LogP contribution in [0.25, 0.3) is 0 Å². The SMILES string of the molecule is CCc1nc(Nc2ccc(C)cn2)sc1C(=O)O. The summed E-state index contributed by atoms with van der Waals surface area (Å²) in [6.45, 7) is 3.84. The standard InChI is InChI=1S/C12H13N3O2S/c1-3-8-10(11(16)17)18-12(14-8)15-9-5-4-7(2)6-13-9/h4-6H,3H2,1-2H3,(H,16,17)(H,13,14,15). The van der Waals surface area contributed by atoms with Crippen molar-refractivity contribution in [1.29, 1.82) is 0 Å². The van der Waals surface area contributed by atoms with Crippen molar-refractivity contribution in [3.63, 3.8) is 0 Å². The fourth-order valence-electron chi connectivity index (χ4n) is 1.46. The molecular formula is C12H13N3O2S. The molecule has 2 aromatic rings. The smallest absolute Gasteiger partial charge is 0.347 e. The lowest BCUT2D eigenvalue weighted by Gasteiger charge is -2.00. The number of carboxylic acids is 1. The van der Waals surface area contributed by atoms with Crippen molar-refractivity contribution >= 4 is 28.3 Å². The third-order valence-corrected chi connectivity index (χ3v) is 3.37. The predicted octanol–water partition coefficient (Wildman–Crippen LogP) is 2.85. The van der Waals surface area contributed by atoms with Gasteiger partial charge in [-0.2, -0.15) is 0 Å². The number of nitrogens with zero attached hydrogens (tertiary/aromatic N) is 2. The third-order valence-electron chi connectivity index (χ3n) is 2.37. The first kappa shape index (κ1) is 12.5. The first-order valence-corrected chi connectivity index (χ1v) is 6.34. The molecule has 0 spiro atoms. The van der Waals surface area contributed by atoms with E-state index in [4.69, 9.17) is 5.11 Å². The number of hydrogen-bond acceptors (Lipinski definition) is 5. The Morgan fingerprint density at radius 2 is 2.28 bits per heavy atom. The zero-order valence-corrected chi connectivity index (χ0v) is 10.9. The highest BCUT2D eigenvalue weighted by molar-refractivity contribution is 7.17. The van der Waals surface area contributed by atoms with Gasteiger partial charge in [0.2, 0.25) is 0 Å². The van der Waals surface area contributed by atoms with Gasteiger partial charge in [-0.15, -0.1) is 0 Å². The van der Waals surface area contributed by atoms with E-state index in [1.54, 1.807) is 6.20 Å². The summed E-state index contributed by atoms with van der Waals surface area (Å²) >= 11 is 1.13. The second kappa shape index (κ2) is 5.14. The van der Waals surface area contributed by atoms with Crippen LogP contribution in [-0.2, 0) is 6.42 Å². The van der Waals surface area contributed by atoms with Crippen molar-refractivity contribution < 1.29 is 9.90 Å². The summed E-state index contributed by atoms with van der Waals surface area (Å²) in [6, 6.07) is 3.77. The second-order valence-electron chi connectivity index (χ2n) is 3.80. The number of aromatic carboxylic acids is 1. The number of hydrogen-bond donors (Lipinski definition) is 2. The van der Waals surface area contributed by atoms with E-state index in [2.05, 4.69) is 15.3 Å². The molecule has 6 heteroatoms. The molecular weight excluding hydrogens is 250 g/mol. The number of nitrogens with one attached hydrogen (secondary N) is 1. The van der Waals surface area contributed by atoms with Crippen LogP contribution in [0, 0.1) is 6.92 Å². The Hall–Kier alpha value is -1.95. The summed E-state index contributed by atoms with van der Waals surface area (Å²) in [5.74, 6) is -0.275. The van der Waals surface area contributed by atoms with Crippen molar-refractivity contribution in [1.82, 2.24) is 9.97 Å². The fraction of sp³-hybridized carbons (Fsp3) is 0.250. The van der Waals surface area contributed by atoms with E-state index >= 15 is 0 Å². The Morgan fingerprint density at radius 3 is 2.78 bits per heavy atom. The van der Waals surface area contributed by atoms with Gasteiger partial charge in [0.15, 0.2) is 5.13 Å². The molecule has 2 heterocycles. The molecule has 2 N–H and O–H groups in total. The van der Waals surface area contributed by atoms with Crippen LogP contribution in [0.15, 0.2) is 18.3 Å². The van der Waals surface area contributed by atoms with Crippen molar-refractivity contribution in [3.8, 4) is 0 Å². The Kier molecular flexibility index (Phi) is 3.57.